The first-order chi connectivity index (χ1) is 6.27. The van der Waals surface area contributed by atoms with Crippen molar-refractivity contribution in [2.75, 3.05) is 5.75 Å². The van der Waals surface area contributed by atoms with Crippen LogP contribution in [0.2, 0.25) is 0 Å². The number of fused-ring (bicyclic) bond motifs is 1. The average Bonchev–Trinajstić information content (AvgIpc) is 2.44. The van der Waals surface area contributed by atoms with Crippen molar-refractivity contribution in [3.05, 3.63) is 34.5 Å². The third-order valence-corrected chi connectivity index (χ3v) is 2.63. The smallest absolute Gasteiger partial charge is 0.356 e. The van der Waals surface area contributed by atoms with E-state index in [0.29, 0.717) is 0 Å². The van der Waals surface area contributed by atoms with Crippen LogP contribution < -0.4 is 0 Å². The van der Waals surface area contributed by atoms with E-state index in [1.54, 1.807) is 17.8 Å². The number of carbonyl (C=O) groups is 1. The van der Waals surface area contributed by atoms with Crippen molar-refractivity contribution in [3.63, 3.8) is 0 Å². The Balaban J connectivity index is 2.37. The van der Waals surface area contributed by atoms with Gasteiger partial charge in [-0.15, -0.1) is 22.0 Å². The zero-order valence-electron chi connectivity index (χ0n) is 6.60. The lowest BCUT2D eigenvalue weighted by atomic mass is 10.3. The maximum Gasteiger partial charge on any atom is 0.356 e. The van der Waals surface area contributed by atoms with Crippen LogP contribution in [0, 0.1) is 0 Å². The van der Waals surface area contributed by atoms with Crippen molar-refractivity contribution in [1.29, 1.82) is 0 Å². The number of carboxylic acids is 1. The first kappa shape index (κ1) is 8.25. The summed E-state index contributed by atoms with van der Waals surface area (Å²) in [7, 11) is 0. The standard InChI is InChI=1S/C8H6N2O2S/c11-8(12)6-1-2-7-5(9-10-6)3-4-13-7/h1-3H,4H2,(H,11,12). The maximum atomic E-state index is 10.5. The van der Waals surface area contributed by atoms with Crippen molar-refractivity contribution in [1.82, 2.24) is 0 Å². The van der Waals surface area contributed by atoms with E-state index in [9.17, 15) is 4.79 Å². The van der Waals surface area contributed by atoms with Crippen molar-refractivity contribution < 1.29 is 9.90 Å². The van der Waals surface area contributed by atoms with Gasteiger partial charge in [0.25, 0.3) is 0 Å². The van der Waals surface area contributed by atoms with Gasteiger partial charge in [0.1, 0.15) is 0 Å². The van der Waals surface area contributed by atoms with Gasteiger partial charge >= 0.3 is 5.97 Å². The van der Waals surface area contributed by atoms with E-state index in [-0.39, 0.29) is 5.70 Å². The van der Waals surface area contributed by atoms with Crippen LogP contribution >= 0.6 is 11.8 Å². The van der Waals surface area contributed by atoms with Gasteiger partial charge in [-0.3, -0.25) is 0 Å². The third kappa shape index (κ3) is 1.55. The minimum atomic E-state index is -1.05. The van der Waals surface area contributed by atoms with Gasteiger partial charge in [-0.05, 0) is 18.2 Å². The Hall–Kier alpha value is -1.36. The molecule has 13 heavy (non-hydrogen) atoms. The molecule has 0 unspecified atom stereocenters. The summed E-state index contributed by atoms with van der Waals surface area (Å²) >= 11 is 1.63. The molecule has 0 radical (unpaired) electrons. The van der Waals surface area contributed by atoms with Gasteiger partial charge in [-0.25, -0.2) is 4.79 Å². The molecular weight excluding hydrogens is 188 g/mol. The maximum absolute atomic E-state index is 10.5. The molecule has 2 aliphatic heterocycles. The fourth-order valence-corrected chi connectivity index (χ4v) is 1.88. The van der Waals surface area contributed by atoms with Gasteiger partial charge in [0.2, 0.25) is 0 Å². The van der Waals surface area contributed by atoms with Crippen LogP contribution in [-0.4, -0.2) is 16.8 Å². The summed E-state index contributed by atoms with van der Waals surface area (Å²) in [5.41, 5.74) is 0.751. The van der Waals surface area contributed by atoms with Crippen LogP contribution in [0.25, 0.3) is 0 Å². The van der Waals surface area contributed by atoms with E-state index in [1.807, 2.05) is 6.08 Å². The summed E-state index contributed by atoms with van der Waals surface area (Å²) in [5.74, 6) is -0.164. The molecule has 0 amide bonds. The lowest BCUT2D eigenvalue weighted by Gasteiger charge is -1.91. The largest absolute Gasteiger partial charge is 0.476 e. The number of carboxylic acid groups (broad SMARTS) is 1. The number of rotatable bonds is 1. The molecule has 0 aromatic carbocycles. The van der Waals surface area contributed by atoms with Crippen LogP contribution in [0.5, 0.6) is 0 Å². The van der Waals surface area contributed by atoms with Crippen molar-refractivity contribution >= 4 is 17.7 Å². The molecule has 0 saturated heterocycles. The van der Waals surface area contributed by atoms with Gasteiger partial charge in [0.15, 0.2) is 5.70 Å². The third-order valence-electron chi connectivity index (χ3n) is 1.65. The molecule has 0 bridgehead atoms. The highest BCUT2D eigenvalue weighted by molar-refractivity contribution is 8.03. The minimum absolute atomic E-state index is 0.0246. The second-order valence-electron chi connectivity index (χ2n) is 2.49. The number of azo groups is 1. The Morgan fingerprint density at radius 3 is 3.08 bits per heavy atom. The summed E-state index contributed by atoms with van der Waals surface area (Å²) in [4.78, 5) is 11.5. The summed E-state index contributed by atoms with van der Waals surface area (Å²) in [6.45, 7) is 0. The Labute approximate surface area is 78.7 Å². The lowest BCUT2D eigenvalue weighted by Crippen LogP contribution is -1.95. The lowest BCUT2D eigenvalue weighted by molar-refractivity contribution is -0.132. The van der Waals surface area contributed by atoms with Crippen LogP contribution in [0.3, 0.4) is 0 Å². The number of nitrogens with zero attached hydrogens (tertiary/aromatic N) is 2. The number of hydrogen-bond acceptors (Lipinski definition) is 4. The SMILES string of the molecule is O=C(O)C1=CC=C2SCC=C2N=N1. The van der Waals surface area contributed by atoms with Gasteiger partial charge in [0, 0.05) is 10.7 Å². The predicted molar refractivity (Wildman–Crippen MR) is 49.2 cm³/mol. The Bertz CT molecular complexity index is 380. The van der Waals surface area contributed by atoms with Gasteiger partial charge in [-0.1, -0.05) is 0 Å². The van der Waals surface area contributed by atoms with Crippen molar-refractivity contribution in [2.45, 2.75) is 0 Å². The summed E-state index contributed by atoms with van der Waals surface area (Å²) < 4.78 is 0. The number of thioether (sulfide) groups is 1. The Morgan fingerprint density at radius 1 is 1.46 bits per heavy atom. The summed E-state index contributed by atoms with van der Waals surface area (Å²) in [6, 6.07) is 0. The highest BCUT2D eigenvalue weighted by Gasteiger charge is 2.15. The molecule has 2 aliphatic rings. The second-order valence-corrected chi connectivity index (χ2v) is 3.55. The Morgan fingerprint density at radius 2 is 2.31 bits per heavy atom. The molecule has 66 valence electrons. The topological polar surface area (TPSA) is 62.0 Å². The summed E-state index contributed by atoms with van der Waals surface area (Å²) in [5, 5.41) is 16.1. The molecule has 5 heteroatoms. The van der Waals surface area contributed by atoms with Crippen LogP contribution in [0.15, 0.2) is 44.8 Å². The predicted octanol–water partition coefficient (Wildman–Crippen LogP) is 1.94. The van der Waals surface area contributed by atoms with E-state index in [2.05, 4.69) is 10.2 Å². The molecular formula is C8H6N2O2S. The van der Waals surface area contributed by atoms with E-state index in [0.717, 1.165) is 16.4 Å². The normalized spacial score (nSPS) is 19.8. The molecule has 0 aliphatic carbocycles. The van der Waals surface area contributed by atoms with E-state index in [1.165, 1.54) is 6.08 Å². The first-order valence-corrected chi connectivity index (χ1v) is 4.66. The van der Waals surface area contributed by atoms with E-state index < -0.39 is 5.97 Å². The minimum Gasteiger partial charge on any atom is -0.476 e. The molecule has 0 spiro atoms. The molecule has 0 fully saturated rings. The van der Waals surface area contributed by atoms with Crippen LogP contribution in [0.1, 0.15) is 0 Å². The van der Waals surface area contributed by atoms with E-state index >= 15 is 0 Å². The molecule has 4 nitrogen and oxygen atoms in total. The molecule has 2 heterocycles. The second kappa shape index (κ2) is 3.18. The van der Waals surface area contributed by atoms with Gasteiger partial charge in [0.05, 0.1) is 5.70 Å². The fourth-order valence-electron chi connectivity index (χ4n) is 1.02. The quantitative estimate of drug-likeness (QED) is 0.693. The molecule has 0 saturated carbocycles. The zero-order valence-corrected chi connectivity index (χ0v) is 7.41. The number of aliphatic carboxylic acids is 1. The highest BCUT2D eigenvalue weighted by atomic mass is 32.2. The van der Waals surface area contributed by atoms with Crippen LogP contribution in [-0.2, 0) is 4.79 Å². The highest BCUT2D eigenvalue weighted by Crippen LogP contribution is 2.33. The zero-order chi connectivity index (χ0) is 9.26. The molecule has 0 atom stereocenters. The van der Waals surface area contributed by atoms with Gasteiger partial charge < -0.3 is 5.11 Å². The molecule has 2 rings (SSSR count). The number of hydrogen-bond donors (Lipinski definition) is 1. The van der Waals surface area contributed by atoms with Crippen molar-refractivity contribution in [3.8, 4) is 0 Å². The molecule has 1 N–H and O–H groups in total. The molecule has 0 aromatic heterocycles. The van der Waals surface area contributed by atoms with E-state index in [4.69, 9.17) is 5.11 Å². The molecule has 0 aromatic rings. The first-order valence-electron chi connectivity index (χ1n) is 3.68. The average molecular weight is 194 g/mol. The summed E-state index contributed by atoms with van der Waals surface area (Å²) in [6.07, 6.45) is 5.14. The number of allylic oxidation sites excluding steroid dienone is 2. The fraction of sp³-hybridized carbons (Fsp3) is 0.125. The Kier molecular flexibility index (Phi) is 2.02. The van der Waals surface area contributed by atoms with Crippen molar-refractivity contribution in [2.24, 2.45) is 10.2 Å². The van der Waals surface area contributed by atoms with Gasteiger partial charge in [-0.2, -0.15) is 0 Å². The van der Waals surface area contributed by atoms with Crippen LogP contribution in [0.4, 0.5) is 0 Å². The monoisotopic (exact) mass is 194 g/mol.